The predicted molar refractivity (Wildman–Crippen MR) is 84.1 cm³/mol. The van der Waals surface area contributed by atoms with Gasteiger partial charge in [-0.1, -0.05) is 18.2 Å². The van der Waals surface area contributed by atoms with Crippen molar-refractivity contribution in [3.05, 3.63) is 65.2 Å². The second kappa shape index (κ2) is 5.92. The molecule has 2 N–H and O–H groups in total. The van der Waals surface area contributed by atoms with E-state index >= 15 is 0 Å². The number of hydrogen-bond acceptors (Lipinski definition) is 4. The zero-order valence-corrected chi connectivity index (χ0v) is 12.2. The standard InChI is InChI=1S/C17H13FN2O3/c1-10-15-13(21)3-2-4-14(15)23-16(10)17(22)20-19-9-11-5-7-12(18)8-6-11/h2-9,21H,1H3,(H,20,22)/b19-9-. The molecule has 23 heavy (non-hydrogen) atoms. The van der Waals surface area contributed by atoms with Crippen LogP contribution in [-0.2, 0) is 0 Å². The first-order valence-corrected chi connectivity index (χ1v) is 6.86. The zero-order chi connectivity index (χ0) is 16.4. The third-order valence-electron chi connectivity index (χ3n) is 3.39. The molecular formula is C17H13FN2O3. The fourth-order valence-corrected chi connectivity index (χ4v) is 2.26. The van der Waals surface area contributed by atoms with E-state index in [0.29, 0.717) is 22.1 Å². The smallest absolute Gasteiger partial charge is 0.307 e. The quantitative estimate of drug-likeness (QED) is 0.575. The van der Waals surface area contributed by atoms with Crippen molar-refractivity contribution in [3.8, 4) is 5.75 Å². The molecule has 0 spiro atoms. The van der Waals surface area contributed by atoms with Crippen molar-refractivity contribution in [1.82, 2.24) is 5.43 Å². The molecule has 3 aromatic rings. The number of carbonyl (C=O) groups is 1. The molecular weight excluding hydrogens is 299 g/mol. The molecule has 0 saturated heterocycles. The van der Waals surface area contributed by atoms with Crippen LogP contribution in [0.3, 0.4) is 0 Å². The lowest BCUT2D eigenvalue weighted by Crippen LogP contribution is -2.17. The molecule has 0 saturated carbocycles. The summed E-state index contributed by atoms with van der Waals surface area (Å²) in [6.07, 6.45) is 1.40. The first-order chi connectivity index (χ1) is 11.1. The highest BCUT2D eigenvalue weighted by atomic mass is 19.1. The minimum atomic E-state index is -0.531. The van der Waals surface area contributed by atoms with Crippen LogP contribution in [0.25, 0.3) is 11.0 Å². The van der Waals surface area contributed by atoms with E-state index in [9.17, 15) is 14.3 Å². The first-order valence-electron chi connectivity index (χ1n) is 6.86. The molecule has 0 aliphatic heterocycles. The number of halogens is 1. The van der Waals surface area contributed by atoms with Gasteiger partial charge in [-0.2, -0.15) is 5.10 Å². The first kappa shape index (κ1) is 14.8. The molecule has 0 unspecified atom stereocenters. The summed E-state index contributed by atoms with van der Waals surface area (Å²) < 4.78 is 18.3. The molecule has 3 rings (SSSR count). The van der Waals surface area contributed by atoms with Crippen LogP contribution in [0.5, 0.6) is 5.75 Å². The Labute approximate surface area is 131 Å². The van der Waals surface area contributed by atoms with Crippen LogP contribution in [0, 0.1) is 12.7 Å². The summed E-state index contributed by atoms with van der Waals surface area (Å²) in [5.41, 5.74) is 3.95. The summed E-state index contributed by atoms with van der Waals surface area (Å²) in [6, 6.07) is 10.5. The van der Waals surface area contributed by atoms with Crippen LogP contribution >= 0.6 is 0 Å². The minimum absolute atomic E-state index is 0.0533. The normalized spacial score (nSPS) is 11.2. The average Bonchev–Trinajstić information content (AvgIpc) is 2.88. The number of aromatic hydroxyl groups is 1. The summed E-state index contributed by atoms with van der Waals surface area (Å²) in [5.74, 6) is -0.740. The van der Waals surface area contributed by atoms with Gasteiger partial charge in [0.2, 0.25) is 0 Å². The molecule has 1 aromatic heterocycles. The Morgan fingerprint density at radius 3 is 2.70 bits per heavy atom. The number of hydrazone groups is 1. The van der Waals surface area contributed by atoms with Gasteiger partial charge < -0.3 is 9.52 Å². The number of hydrogen-bond donors (Lipinski definition) is 2. The maximum atomic E-state index is 12.8. The number of carbonyl (C=O) groups excluding carboxylic acids is 1. The summed E-state index contributed by atoms with van der Waals surface area (Å²) in [4.78, 5) is 12.1. The molecule has 1 heterocycles. The van der Waals surface area contributed by atoms with E-state index in [4.69, 9.17) is 4.42 Å². The van der Waals surface area contributed by atoms with Crippen LogP contribution in [0.15, 0.2) is 52.0 Å². The number of amides is 1. The van der Waals surface area contributed by atoms with E-state index in [1.807, 2.05) is 0 Å². The van der Waals surface area contributed by atoms with Gasteiger partial charge in [-0.05, 0) is 36.8 Å². The number of furan rings is 1. The fourth-order valence-electron chi connectivity index (χ4n) is 2.26. The van der Waals surface area contributed by atoms with E-state index in [1.165, 1.54) is 36.5 Å². The highest BCUT2D eigenvalue weighted by molar-refractivity contribution is 6.00. The van der Waals surface area contributed by atoms with Crippen LogP contribution in [-0.4, -0.2) is 17.2 Å². The maximum Gasteiger partial charge on any atom is 0.307 e. The van der Waals surface area contributed by atoms with Gasteiger partial charge in [0.25, 0.3) is 0 Å². The number of nitrogens with one attached hydrogen (secondary N) is 1. The van der Waals surface area contributed by atoms with Gasteiger partial charge in [0.1, 0.15) is 17.1 Å². The summed E-state index contributed by atoms with van der Waals surface area (Å²) >= 11 is 0. The summed E-state index contributed by atoms with van der Waals surface area (Å²) in [7, 11) is 0. The Morgan fingerprint density at radius 1 is 1.26 bits per heavy atom. The van der Waals surface area contributed by atoms with Crippen LogP contribution in [0.1, 0.15) is 21.7 Å². The Hall–Kier alpha value is -3.15. The van der Waals surface area contributed by atoms with E-state index in [-0.39, 0.29) is 17.3 Å². The van der Waals surface area contributed by atoms with Gasteiger partial charge in [0, 0.05) is 5.56 Å². The van der Waals surface area contributed by atoms with Crippen molar-refractivity contribution < 1.29 is 18.7 Å². The molecule has 0 aliphatic rings. The lowest BCUT2D eigenvalue weighted by molar-refractivity contribution is 0.0929. The van der Waals surface area contributed by atoms with Gasteiger partial charge in [-0.25, -0.2) is 9.82 Å². The fraction of sp³-hybridized carbons (Fsp3) is 0.0588. The number of phenolic OH excluding ortho intramolecular Hbond substituents is 1. The van der Waals surface area contributed by atoms with Gasteiger partial charge in [-0.15, -0.1) is 0 Å². The Bertz CT molecular complexity index is 898. The number of benzene rings is 2. The number of phenols is 1. The van der Waals surface area contributed by atoms with Crippen molar-refractivity contribution >= 4 is 23.1 Å². The summed E-state index contributed by atoms with van der Waals surface area (Å²) in [6.45, 7) is 1.68. The van der Waals surface area contributed by atoms with Crippen molar-refractivity contribution in [1.29, 1.82) is 0 Å². The van der Waals surface area contributed by atoms with E-state index in [0.717, 1.165) is 0 Å². The van der Waals surface area contributed by atoms with Crippen molar-refractivity contribution in [2.24, 2.45) is 5.10 Å². The highest BCUT2D eigenvalue weighted by Crippen LogP contribution is 2.32. The largest absolute Gasteiger partial charge is 0.507 e. The monoisotopic (exact) mass is 312 g/mol. The van der Waals surface area contributed by atoms with Gasteiger partial charge >= 0.3 is 5.91 Å². The molecule has 0 aliphatic carbocycles. The molecule has 5 nitrogen and oxygen atoms in total. The third kappa shape index (κ3) is 2.91. The minimum Gasteiger partial charge on any atom is -0.507 e. The molecule has 0 radical (unpaired) electrons. The van der Waals surface area contributed by atoms with Gasteiger partial charge in [-0.3, -0.25) is 4.79 Å². The van der Waals surface area contributed by atoms with Crippen LogP contribution < -0.4 is 5.43 Å². The zero-order valence-electron chi connectivity index (χ0n) is 12.2. The van der Waals surface area contributed by atoms with E-state index in [1.54, 1.807) is 19.1 Å². The Kier molecular flexibility index (Phi) is 3.80. The third-order valence-corrected chi connectivity index (χ3v) is 3.39. The topological polar surface area (TPSA) is 74.8 Å². The number of nitrogens with zero attached hydrogens (tertiary/aromatic N) is 1. The second-order valence-electron chi connectivity index (χ2n) is 4.96. The average molecular weight is 312 g/mol. The molecule has 116 valence electrons. The predicted octanol–water partition coefficient (Wildman–Crippen LogP) is 3.35. The number of aryl methyl sites for hydroxylation is 1. The van der Waals surface area contributed by atoms with Gasteiger partial charge in [0.05, 0.1) is 11.6 Å². The molecule has 0 bridgehead atoms. The highest BCUT2D eigenvalue weighted by Gasteiger charge is 2.19. The Morgan fingerprint density at radius 2 is 2.00 bits per heavy atom. The second-order valence-corrected chi connectivity index (χ2v) is 4.96. The van der Waals surface area contributed by atoms with Crippen LogP contribution in [0.2, 0.25) is 0 Å². The van der Waals surface area contributed by atoms with Gasteiger partial charge in [0.15, 0.2) is 5.76 Å². The van der Waals surface area contributed by atoms with Crippen molar-refractivity contribution in [2.75, 3.05) is 0 Å². The molecule has 0 fully saturated rings. The molecule has 0 atom stereocenters. The summed E-state index contributed by atoms with van der Waals surface area (Å²) in [5, 5.41) is 14.2. The van der Waals surface area contributed by atoms with Crippen molar-refractivity contribution in [3.63, 3.8) is 0 Å². The number of rotatable bonds is 3. The van der Waals surface area contributed by atoms with Crippen molar-refractivity contribution in [2.45, 2.75) is 6.92 Å². The van der Waals surface area contributed by atoms with E-state index in [2.05, 4.69) is 10.5 Å². The Balaban J connectivity index is 1.80. The molecule has 2 aromatic carbocycles. The maximum absolute atomic E-state index is 12.8. The van der Waals surface area contributed by atoms with Crippen LogP contribution in [0.4, 0.5) is 4.39 Å². The lowest BCUT2D eigenvalue weighted by Gasteiger charge is -1.97. The molecule has 6 heteroatoms. The number of fused-ring (bicyclic) bond motifs is 1. The SMILES string of the molecule is Cc1c(C(=O)N/N=C\c2ccc(F)cc2)oc2cccc(O)c12. The molecule has 1 amide bonds. The van der Waals surface area contributed by atoms with E-state index < -0.39 is 5.91 Å². The lowest BCUT2D eigenvalue weighted by atomic mass is 10.1.